The molecule has 21 heavy (non-hydrogen) atoms. The van der Waals surface area contributed by atoms with E-state index in [1.54, 1.807) is 6.92 Å². The van der Waals surface area contributed by atoms with Gasteiger partial charge in [0, 0.05) is 22.7 Å². The highest BCUT2D eigenvalue weighted by atomic mass is 35.5. The number of carbonyl (C=O) groups excluding carboxylic acids is 1. The molecular formula is C13H19ClFNO4S. The highest BCUT2D eigenvalue weighted by molar-refractivity contribution is 7.85. The fourth-order valence-corrected chi connectivity index (χ4v) is 2.17. The topological polar surface area (TPSA) is 83.5 Å². The van der Waals surface area contributed by atoms with Crippen LogP contribution in [0.2, 0.25) is 5.02 Å². The van der Waals surface area contributed by atoms with E-state index < -0.39 is 27.6 Å². The molecule has 8 heteroatoms. The van der Waals surface area contributed by atoms with E-state index in [1.807, 2.05) is 13.8 Å². The maximum atomic E-state index is 13.6. The zero-order valence-corrected chi connectivity index (χ0v) is 13.7. The molecule has 1 aromatic carbocycles. The summed E-state index contributed by atoms with van der Waals surface area (Å²) in [4.78, 5) is 11.6. The predicted octanol–water partition coefficient (Wildman–Crippen LogP) is 2.69. The van der Waals surface area contributed by atoms with E-state index >= 15 is 0 Å². The number of nitrogens with one attached hydrogen (secondary N) is 1. The van der Waals surface area contributed by atoms with Crippen LogP contribution in [0.4, 0.5) is 4.39 Å². The standard InChI is InChI=1S/C11H13ClFNO4S.C2H6/c1-2-8-9(12)5-7(6-10(8)13)11(15)14-3-4-19(16,17)18;1-2/h5-6H,2-4H2,1H3,(H,14,15)(H,16,17,18);1-2H3. The lowest BCUT2D eigenvalue weighted by molar-refractivity contribution is 0.0955. The van der Waals surface area contributed by atoms with Crippen LogP contribution in [-0.2, 0) is 16.5 Å². The van der Waals surface area contributed by atoms with Crippen LogP contribution in [0, 0.1) is 5.82 Å². The molecule has 0 saturated carbocycles. The molecule has 0 aliphatic rings. The normalized spacial score (nSPS) is 10.6. The fraction of sp³-hybridized carbons (Fsp3) is 0.462. The number of hydrogen-bond acceptors (Lipinski definition) is 3. The van der Waals surface area contributed by atoms with Gasteiger partial charge in [0.15, 0.2) is 0 Å². The Morgan fingerprint density at radius 1 is 1.38 bits per heavy atom. The third kappa shape index (κ3) is 6.88. The smallest absolute Gasteiger partial charge is 0.266 e. The molecule has 0 unspecified atom stereocenters. The average molecular weight is 340 g/mol. The van der Waals surface area contributed by atoms with E-state index in [-0.39, 0.29) is 17.1 Å². The van der Waals surface area contributed by atoms with E-state index in [2.05, 4.69) is 5.32 Å². The number of carbonyl (C=O) groups is 1. The molecule has 0 saturated heterocycles. The van der Waals surface area contributed by atoms with Crippen molar-refractivity contribution in [1.82, 2.24) is 5.32 Å². The van der Waals surface area contributed by atoms with E-state index in [0.29, 0.717) is 12.0 Å². The summed E-state index contributed by atoms with van der Waals surface area (Å²) in [6.45, 7) is 5.46. The summed E-state index contributed by atoms with van der Waals surface area (Å²) < 4.78 is 43.0. The van der Waals surface area contributed by atoms with Gasteiger partial charge < -0.3 is 5.32 Å². The van der Waals surface area contributed by atoms with E-state index in [9.17, 15) is 17.6 Å². The summed E-state index contributed by atoms with van der Waals surface area (Å²) in [6.07, 6.45) is 0.398. The second-order valence-electron chi connectivity index (χ2n) is 3.81. The molecule has 5 nitrogen and oxygen atoms in total. The molecule has 0 spiro atoms. The molecule has 0 fully saturated rings. The van der Waals surface area contributed by atoms with Crippen molar-refractivity contribution in [3.05, 3.63) is 34.1 Å². The third-order valence-electron chi connectivity index (χ3n) is 2.40. The lowest BCUT2D eigenvalue weighted by atomic mass is 10.1. The first-order chi connectivity index (χ1) is 9.74. The fourth-order valence-electron chi connectivity index (χ4n) is 1.47. The third-order valence-corrected chi connectivity index (χ3v) is 3.46. The number of amides is 1. The van der Waals surface area contributed by atoms with E-state index in [4.69, 9.17) is 16.2 Å². The average Bonchev–Trinajstić information content (AvgIpc) is 2.39. The van der Waals surface area contributed by atoms with Crippen molar-refractivity contribution in [1.29, 1.82) is 0 Å². The highest BCUT2D eigenvalue weighted by Crippen LogP contribution is 2.22. The number of hydrogen-bond donors (Lipinski definition) is 2. The van der Waals surface area contributed by atoms with Gasteiger partial charge in [0.1, 0.15) is 5.82 Å². The highest BCUT2D eigenvalue weighted by Gasteiger charge is 2.13. The van der Waals surface area contributed by atoms with Crippen LogP contribution in [0.3, 0.4) is 0 Å². The summed E-state index contributed by atoms with van der Waals surface area (Å²) in [6, 6.07) is 2.35. The lowest BCUT2D eigenvalue weighted by Crippen LogP contribution is -2.29. The Hall–Kier alpha value is -1.18. The van der Waals surface area contributed by atoms with Gasteiger partial charge in [-0.3, -0.25) is 9.35 Å². The van der Waals surface area contributed by atoms with Crippen LogP contribution in [0.15, 0.2) is 12.1 Å². The Morgan fingerprint density at radius 2 is 1.95 bits per heavy atom. The van der Waals surface area contributed by atoms with Gasteiger partial charge in [-0.2, -0.15) is 8.42 Å². The van der Waals surface area contributed by atoms with Crippen LogP contribution in [-0.4, -0.2) is 31.2 Å². The lowest BCUT2D eigenvalue weighted by Gasteiger charge is -2.08. The minimum absolute atomic E-state index is 0.00459. The van der Waals surface area contributed by atoms with Crippen molar-refractivity contribution in [3.8, 4) is 0 Å². The minimum atomic E-state index is -4.14. The van der Waals surface area contributed by atoms with Gasteiger partial charge in [-0.05, 0) is 18.6 Å². The quantitative estimate of drug-likeness (QED) is 0.808. The van der Waals surface area contributed by atoms with Gasteiger partial charge in [0.25, 0.3) is 16.0 Å². The Bertz CT molecular complexity index is 567. The molecule has 1 amide bonds. The molecule has 0 aliphatic carbocycles. The van der Waals surface area contributed by atoms with Gasteiger partial charge in [0.2, 0.25) is 0 Å². The van der Waals surface area contributed by atoms with Crippen molar-refractivity contribution in [2.24, 2.45) is 0 Å². The van der Waals surface area contributed by atoms with Crippen LogP contribution in [0.25, 0.3) is 0 Å². The van der Waals surface area contributed by atoms with Gasteiger partial charge >= 0.3 is 0 Å². The molecule has 1 rings (SSSR count). The van der Waals surface area contributed by atoms with Gasteiger partial charge in [0.05, 0.1) is 5.75 Å². The summed E-state index contributed by atoms with van der Waals surface area (Å²) in [7, 11) is -4.14. The molecule has 0 heterocycles. The summed E-state index contributed by atoms with van der Waals surface area (Å²) in [5.74, 6) is -1.86. The maximum absolute atomic E-state index is 13.6. The molecule has 120 valence electrons. The largest absolute Gasteiger partial charge is 0.351 e. The summed E-state index contributed by atoms with van der Waals surface area (Å²) >= 11 is 5.83. The number of halogens is 2. The van der Waals surface area contributed by atoms with Crippen molar-refractivity contribution in [2.75, 3.05) is 12.3 Å². The predicted molar refractivity (Wildman–Crippen MR) is 80.9 cm³/mol. The minimum Gasteiger partial charge on any atom is -0.351 e. The molecule has 0 atom stereocenters. The Kier molecular flexibility index (Phi) is 8.46. The van der Waals surface area contributed by atoms with Crippen LogP contribution < -0.4 is 5.32 Å². The molecule has 0 bridgehead atoms. The second kappa shape index (κ2) is 8.96. The first-order valence-corrected chi connectivity index (χ1v) is 8.44. The van der Waals surface area contributed by atoms with Crippen molar-refractivity contribution in [3.63, 3.8) is 0 Å². The second-order valence-corrected chi connectivity index (χ2v) is 5.79. The Morgan fingerprint density at radius 3 is 2.38 bits per heavy atom. The molecule has 0 aromatic heterocycles. The van der Waals surface area contributed by atoms with Crippen LogP contribution in [0.5, 0.6) is 0 Å². The molecular weight excluding hydrogens is 321 g/mol. The SMILES string of the molecule is CC.CCc1c(F)cc(C(=O)NCCS(=O)(=O)O)cc1Cl. The van der Waals surface area contributed by atoms with E-state index in [1.165, 1.54) is 6.07 Å². The molecule has 0 aliphatic heterocycles. The van der Waals surface area contributed by atoms with E-state index in [0.717, 1.165) is 6.07 Å². The first kappa shape index (κ1) is 19.8. The monoisotopic (exact) mass is 339 g/mol. The molecule has 2 N–H and O–H groups in total. The van der Waals surface area contributed by atoms with Gasteiger partial charge in [-0.1, -0.05) is 32.4 Å². The Balaban J connectivity index is 0.00000191. The summed E-state index contributed by atoms with van der Waals surface area (Å²) in [5.41, 5.74) is 0.311. The van der Waals surface area contributed by atoms with Gasteiger partial charge in [-0.25, -0.2) is 4.39 Å². The summed E-state index contributed by atoms with van der Waals surface area (Å²) in [5, 5.41) is 2.39. The van der Waals surface area contributed by atoms with Crippen LogP contribution in [0.1, 0.15) is 36.7 Å². The van der Waals surface area contributed by atoms with Crippen molar-refractivity contribution < 1.29 is 22.2 Å². The molecule has 0 radical (unpaired) electrons. The first-order valence-electron chi connectivity index (χ1n) is 6.46. The van der Waals surface area contributed by atoms with Crippen molar-refractivity contribution in [2.45, 2.75) is 27.2 Å². The number of rotatable bonds is 5. The Labute approximate surface area is 129 Å². The van der Waals surface area contributed by atoms with Crippen molar-refractivity contribution >= 4 is 27.6 Å². The molecule has 1 aromatic rings. The zero-order chi connectivity index (χ0) is 16.6. The number of benzene rings is 1. The maximum Gasteiger partial charge on any atom is 0.266 e. The zero-order valence-electron chi connectivity index (χ0n) is 12.1. The van der Waals surface area contributed by atoms with Crippen LogP contribution >= 0.6 is 11.6 Å². The van der Waals surface area contributed by atoms with Gasteiger partial charge in [-0.15, -0.1) is 0 Å².